The van der Waals surface area contributed by atoms with Gasteiger partial charge in [0, 0.05) is 6.54 Å². The van der Waals surface area contributed by atoms with Crippen LogP contribution in [0.25, 0.3) is 0 Å². The number of rotatable bonds is 3. The van der Waals surface area contributed by atoms with Crippen LogP contribution in [-0.4, -0.2) is 25.0 Å². The Bertz CT molecular complexity index is 723. The molecule has 1 saturated heterocycles. The van der Waals surface area contributed by atoms with Crippen LogP contribution in [0.2, 0.25) is 6.04 Å². The number of nitrogens with zero attached hydrogens (tertiary/aromatic N) is 3. The molecule has 0 saturated carbocycles. The lowest BCUT2D eigenvalue weighted by atomic mass is 10.4. The van der Waals surface area contributed by atoms with Crippen LogP contribution in [0, 0.1) is 0 Å². The van der Waals surface area contributed by atoms with Gasteiger partial charge in [0.2, 0.25) is 8.24 Å². The minimum atomic E-state index is -1.99. The molecule has 4 rings (SSSR count). The predicted octanol–water partition coefficient (Wildman–Crippen LogP) is 2.45. The molecule has 0 amide bonds. The fraction of sp³-hybridized carbons (Fsp3) is 0.158. The van der Waals surface area contributed by atoms with Crippen LogP contribution in [0.5, 0.6) is 0 Å². The van der Waals surface area contributed by atoms with Gasteiger partial charge in [-0.05, 0) is 28.9 Å². The van der Waals surface area contributed by atoms with E-state index in [1.54, 1.807) is 6.20 Å². The van der Waals surface area contributed by atoms with Crippen molar-refractivity contribution < 1.29 is 0 Å². The summed E-state index contributed by atoms with van der Waals surface area (Å²) >= 11 is 0. The molecule has 3 nitrogen and oxygen atoms in total. The molecule has 0 N–H and O–H groups in total. The van der Waals surface area contributed by atoms with Gasteiger partial charge < -0.3 is 4.57 Å². The predicted molar refractivity (Wildman–Crippen MR) is 96.7 cm³/mol. The first-order chi connectivity index (χ1) is 11.4. The number of hydrogen-bond donors (Lipinski definition) is 0. The van der Waals surface area contributed by atoms with E-state index in [4.69, 9.17) is 0 Å². The second-order valence-corrected chi connectivity index (χ2v) is 9.86. The molecule has 0 atom stereocenters. The monoisotopic (exact) mass is 317 g/mol. The summed E-state index contributed by atoms with van der Waals surface area (Å²) in [6.45, 7) is 1.09. The van der Waals surface area contributed by atoms with E-state index in [0.717, 1.165) is 6.54 Å². The van der Waals surface area contributed by atoms with Crippen LogP contribution in [0.1, 0.15) is 6.42 Å². The molecule has 1 aliphatic rings. The first kappa shape index (κ1) is 14.1. The van der Waals surface area contributed by atoms with E-state index in [1.165, 1.54) is 28.5 Å². The largest absolute Gasteiger partial charge is 0.389 e. The van der Waals surface area contributed by atoms with Gasteiger partial charge in [-0.15, -0.1) is 0 Å². The van der Waals surface area contributed by atoms with Crippen LogP contribution >= 0.6 is 0 Å². The smallest absolute Gasteiger partial charge is 0.220 e. The molecular weight excluding hydrogens is 298 g/mol. The first-order valence-electron chi connectivity index (χ1n) is 8.07. The highest BCUT2D eigenvalue weighted by atomic mass is 28.3. The molecule has 23 heavy (non-hydrogen) atoms. The SMILES string of the molecule is c1ccc([Si]2(c3ccccc3)CCCN2c2ccnnc2)cc1. The number of aromatic nitrogens is 2. The Hall–Kier alpha value is -2.46. The number of anilines is 1. The molecule has 0 unspecified atom stereocenters. The molecule has 2 heterocycles. The van der Waals surface area contributed by atoms with Gasteiger partial charge in [0.25, 0.3) is 0 Å². The molecule has 0 aliphatic carbocycles. The Balaban J connectivity index is 1.93. The second kappa shape index (κ2) is 5.97. The molecule has 2 aromatic carbocycles. The minimum absolute atomic E-state index is 1.09. The van der Waals surface area contributed by atoms with Gasteiger partial charge in [-0.25, -0.2) is 0 Å². The molecule has 0 bridgehead atoms. The Labute approximate surface area is 137 Å². The normalized spacial score (nSPS) is 16.4. The van der Waals surface area contributed by atoms with Crippen molar-refractivity contribution in [3.8, 4) is 0 Å². The summed E-state index contributed by atoms with van der Waals surface area (Å²) in [7, 11) is -1.99. The summed E-state index contributed by atoms with van der Waals surface area (Å²) in [5.74, 6) is 0. The molecule has 1 fully saturated rings. The maximum atomic E-state index is 4.11. The van der Waals surface area contributed by atoms with E-state index >= 15 is 0 Å². The third kappa shape index (κ3) is 2.35. The quantitative estimate of drug-likeness (QED) is 0.695. The zero-order chi connectivity index (χ0) is 15.5. The van der Waals surface area contributed by atoms with Crippen molar-refractivity contribution in [3.05, 3.63) is 79.1 Å². The molecule has 0 spiro atoms. The number of benzene rings is 2. The van der Waals surface area contributed by atoms with E-state index in [-0.39, 0.29) is 0 Å². The zero-order valence-electron chi connectivity index (χ0n) is 13.0. The lowest BCUT2D eigenvalue weighted by molar-refractivity contribution is 0.961. The highest BCUT2D eigenvalue weighted by Gasteiger charge is 2.47. The molecule has 0 radical (unpaired) electrons. The Morgan fingerprint density at radius 1 is 0.783 bits per heavy atom. The van der Waals surface area contributed by atoms with Crippen molar-refractivity contribution in [2.45, 2.75) is 12.5 Å². The van der Waals surface area contributed by atoms with Gasteiger partial charge in [0.1, 0.15) is 0 Å². The summed E-state index contributed by atoms with van der Waals surface area (Å²) in [6.07, 6.45) is 4.92. The van der Waals surface area contributed by atoms with Gasteiger partial charge >= 0.3 is 0 Å². The first-order valence-corrected chi connectivity index (χ1v) is 10.2. The fourth-order valence-electron chi connectivity index (χ4n) is 3.81. The fourth-order valence-corrected chi connectivity index (χ4v) is 8.88. The third-order valence-corrected chi connectivity index (χ3v) is 9.82. The molecule has 1 aliphatic heterocycles. The van der Waals surface area contributed by atoms with Gasteiger partial charge in [-0.2, -0.15) is 10.2 Å². The van der Waals surface area contributed by atoms with Crippen molar-refractivity contribution in [1.29, 1.82) is 0 Å². The van der Waals surface area contributed by atoms with Crippen LogP contribution < -0.4 is 14.9 Å². The Kier molecular flexibility index (Phi) is 3.67. The van der Waals surface area contributed by atoms with Gasteiger partial charge in [-0.1, -0.05) is 60.7 Å². The minimum Gasteiger partial charge on any atom is -0.389 e. The highest BCUT2D eigenvalue weighted by Crippen LogP contribution is 2.30. The maximum Gasteiger partial charge on any atom is 0.220 e. The Morgan fingerprint density at radius 3 is 2.00 bits per heavy atom. The summed E-state index contributed by atoms with van der Waals surface area (Å²) in [5, 5.41) is 11.0. The average molecular weight is 317 g/mol. The van der Waals surface area contributed by atoms with Crippen LogP contribution in [0.3, 0.4) is 0 Å². The van der Waals surface area contributed by atoms with Crippen molar-refractivity contribution in [1.82, 2.24) is 10.2 Å². The summed E-state index contributed by atoms with van der Waals surface area (Å²) in [5.41, 5.74) is 1.19. The van der Waals surface area contributed by atoms with Crippen LogP contribution in [-0.2, 0) is 0 Å². The summed E-state index contributed by atoms with van der Waals surface area (Å²) < 4.78 is 2.62. The van der Waals surface area contributed by atoms with Crippen LogP contribution in [0.15, 0.2) is 79.1 Å². The Morgan fingerprint density at radius 2 is 1.43 bits per heavy atom. The molecule has 1 aromatic heterocycles. The third-order valence-electron chi connectivity index (χ3n) is 4.76. The van der Waals surface area contributed by atoms with Gasteiger partial charge in [-0.3, -0.25) is 0 Å². The standard InChI is InChI=1S/C19H19N3Si/c1-3-8-18(9-4-1)23(19-10-5-2-6-11-19)15-7-14-22(23)17-12-13-20-21-16-17/h1-6,8-13,16H,7,14-15H2. The average Bonchev–Trinajstić information content (AvgIpc) is 3.10. The van der Waals surface area contributed by atoms with Gasteiger partial charge in [0.15, 0.2) is 0 Å². The molecule has 4 heteroatoms. The van der Waals surface area contributed by atoms with E-state index in [0.29, 0.717) is 0 Å². The lowest BCUT2D eigenvalue weighted by Crippen LogP contribution is -2.67. The molecule has 3 aromatic rings. The van der Waals surface area contributed by atoms with Crippen molar-refractivity contribution in [3.63, 3.8) is 0 Å². The maximum absolute atomic E-state index is 4.11. The molecular formula is C19H19N3Si. The highest BCUT2D eigenvalue weighted by molar-refractivity contribution is 7.05. The summed E-state index contributed by atoms with van der Waals surface area (Å²) in [6, 6.07) is 25.4. The van der Waals surface area contributed by atoms with Gasteiger partial charge in [0.05, 0.1) is 18.1 Å². The lowest BCUT2D eigenvalue weighted by Gasteiger charge is -2.38. The summed E-state index contributed by atoms with van der Waals surface area (Å²) in [4.78, 5) is 0. The second-order valence-electron chi connectivity index (χ2n) is 5.95. The van der Waals surface area contributed by atoms with Crippen molar-refractivity contribution in [2.24, 2.45) is 0 Å². The van der Waals surface area contributed by atoms with E-state index in [2.05, 4.69) is 81.5 Å². The van der Waals surface area contributed by atoms with Crippen LogP contribution in [0.4, 0.5) is 5.69 Å². The van der Waals surface area contributed by atoms with E-state index in [9.17, 15) is 0 Å². The van der Waals surface area contributed by atoms with E-state index in [1.807, 2.05) is 6.20 Å². The zero-order valence-corrected chi connectivity index (χ0v) is 14.0. The van der Waals surface area contributed by atoms with Crippen molar-refractivity contribution >= 4 is 24.3 Å². The molecule has 114 valence electrons. The number of hydrogen-bond acceptors (Lipinski definition) is 3. The topological polar surface area (TPSA) is 29.0 Å². The van der Waals surface area contributed by atoms with E-state index < -0.39 is 8.24 Å². The van der Waals surface area contributed by atoms with Crippen molar-refractivity contribution in [2.75, 3.05) is 11.1 Å².